The van der Waals surface area contributed by atoms with Crippen LogP contribution < -0.4 is 0 Å². The fourth-order valence-corrected chi connectivity index (χ4v) is 2.41. The van der Waals surface area contributed by atoms with Crippen LogP contribution in [0.3, 0.4) is 0 Å². The number of halogens is 1. The van der Waals surface area contributed by atoms with E-state index >= 15 is 0 Å². The highest BCUT2D eigenvalue weighted by atomic mass is 35.5. The van der Waals surface area contributed by atoms with Gasteiger partial charge in [0.15, 0.2) is 5.78 Å². The zero-order chi connectivity index (χ0) is 9.42. The van der Waals surface area contributed by atoms with Crippen molar-refractivity contribution >= 4 is 38.8 Å². The molecular weight excluding hydrogens is 204 g/mol. The van der Waals surface area contributed by atoms with Gasteiger partial charge in [-0.25, -0.2) is 0 Å². The van der Waals surface area contributed by atoms with E-state index in [-0.39, 0.29) is 5.78 Å². The van der Waals surface area contributed by atoms with Crippen LogP contribution in [0.5, 0.6) is 0 Å². The summed E-state index contributed by atoms with van der Waals surface area (Å²) in [4.78, 5) is 11.9. The van der Waals surface area contributed by atoms with Crippen molar-refractivity contribution in [3.05, 3.63) is 34.2 Å². The number of fused-ring (bicyclic) bond motifs is 1. The molecule has 0 bridgehead atoms. The van der Waals surface area contributed by atoms with Crippen molar-refractivity contribution in [2.24, 2.45) is 0 Å². The molecule has 0 unspecified atom stereocenters. The van der Waals surface area contributed by atoms with Crippen LogP contribution in [0.15, 0.2) is 24.3 Å². The zero-order valence-electron chi connectivity index (χ0n) is 7.00. The van der Waals surface area contributed by atoms with E-state index in [1.807, 2.05) is 24.3 Å². The molecular formula is C10H7ClOS. The monoisotopic (exact) mass is 210 g/mol. The molecule has 0 spiro atoms. The first kappa shape index (κ1) is 8.73. The van der Waals surface area contributed by atoms with Gasteiger partial charge >= 0.3 is 0 Å². The predicted molar refractivity (Wildman–Crippen MR) is 56.8 cm³/mol. The summed E-state index contributed by atoms with van der Waals surface area (Å²) in [5, 5.41) is 1.80. The highest BCUT2D eigenvalue weighted by Crippen LogP contribution is 2.28. The Morgan fingerprint density at radius 3 is 2.85 bits per heavy atom. The normalized spacial score (nSPS) is 10.6. The van der Waals surface area contributed by atoms with Crippen LogP contribution >= 0.6 is 22.9 Å². The van der Waals surface area contributed by atoms with Gasteiger partial charge < -0.3 is 0 Å². The van der Waals surface area contributed by atoms with Crippen LogP contribution in [0.1, 0.15) is 16.6 Å². The summed E-state index contributed by atoms with van der Waals surface area (Å²) in [7, 11) is 0. The average Bonchev–Trinajstić information content (AvgIpc) is 2.46. The molecule has 3 heteroatoms. The third-order valence-electron chi connectivity index (χ3n) is 1.83. The molecule has 0 amide bonds. The van der Waals surface area contributed by atoms with Gasteiger partial charge in [0.25, 0.3) is 0 Å². The molecule has 0 aliphatic heterocycles. The molecule has 1 aromatic heterocycles. The van der Waals surface area contributed by atoms with Crippen LogP contribution in [0.25, 0.3) is 10.1 Å². The van der Waals surface area contributed by atoms with Gasteiger partial charge in [0.2, 0.25) is 0 Å². The molecule has 66 valence electrons. The van der Waals surface area contributed by atoms with E-state index in [2.05, 4.69) is 0 Å². The minimum atomic E-state index is 0.109. The lowest BCUT2D eigenvalue weighted by molar-refractivity contribution is 0.102. The van der Waals surface area contributed by atoms with Crippen molar-refractivity contribution in [2.45, 2.75) is 6.92 Å². The van der Waals surface area contributed by atoms with Crippen LogP contribution in [-0.2, 0) is 0 Å². The quantitative estimate of drug-likeness (QED) is 0.655. The van der Waals surface area contributed by atoms with E-state index in [4.69, 9.17) is 11.6 Å². The highest BCUT2D eigenvalue weighted by Gasteiger charge is 2.05. The van der Waals surface area contributed by atoms with Crippen molar-refractivity contribution in [3.63, 3.8) is 0 Å². The van der Waals surface area contributed by atoms with Gasteiger partial charge in [0.05, 0.1) is 4.88 Å². The predicted octanol–water partition coefficient (Wildman–Crippen LogP) is 3.76. The van der Waals surface area contributed by atoms with Crippen molar-refractivity contribution < 1.29 is 4.79 Å². The van der Waals surface area contributed by atoms with E-state index in [0.717, 1.165) is 15.0 Å². The fraction of sp³-hybridized carbons (Fsp3) is 0.100. The van der Waals surface area contributed by atoms with Crippen LogP contribution in [0.4, 0.5) is 0 Å². The van der Waals surface area contributed by atoms with Gasteiger partial charge in [0.1, 0.15) is 0 Å². The van der Waals surface area contributed by atoms with Crippen LogP contribution in [0, 0.1) is 0 Å². The van der Waals surface area contributed by atoms with E-state index in [9.17, 15) is 4.79 Å². The summed E-state index contributed by atoms with van der Waals surface area (Å²) in [6, 6.07) is 7.55. The highest BCUT2D eigenvalue weighted by molar-refractivity contribution is 7.20. The summed E-state index contributed by atoms with van der Waals surface area (Å²) in [5.74, 6) is 0.109. The Kier molecular flexibility index (Phi) is 2.10. The molecule has 2 aromatic rings. The largest absolute Gasteiger partial charge is 0.294 e. The van der Waals surface area contributed by atoms with Crippen molar-refractivity contribution in [1.82, 2.24) is 0 Å². The molecule has 0 N–H and O–H groups in total. The average molecular weight is 211 g/mol. The Morgan fingerprint density at radius 2 is 2.15 bits per heavy atom. The number of carbonyl (C=O) groups is 1. The summed E-state index contributed by atoms with van der Waals surface area (Å²) in [5.41, 5.74) is 0. The van der Waals surface area contributed by atoms with Gasteiger partial charge in [-0.2, -0.15) is 0 Å². The van der Waals surface area contributed by atoms with E-state index in [1.54, 1.807) is 6.92 Å². The maximum Gasteiger partial charge on any atom is 0.169 e. The molecule has 0 aliphatic carbocycles. The van der Waals surface area contributed by atoms with Crippen molar-refractivity contribution in [1.29, 1.82) is 0 Å². The Labute approximate surface area is 84.9 Å². The molecule has 0 fully saturated rings. The first-order valence-electron chi connectivity index (χ1n) is 3.87. The van der Waals surface area contributed by atoms with E-state index < -0.39 is 0 Å². The molecule has 1 heterocycles. The molecule has 1 nitrogen and oxygen atoms in total. The molecule has 0 saturated carbocycles. The Balaban J connectivity index is 2.68. The maximum absolute atomic E-state index is 11.1. The lowest BCUT2D eigenvalue weighted by Crippen LogP contribution is -1.83. The second-order valence-corrected chi connectivity index (χ2v) is 4.37. The minimum absolute atomic E-state index is 0.109. The number of thiophene rings is 1. The van der Waals surface area contributed by atoms with Crippen LogP contribution in [0.2, 0.25) is 5.02 Å². The first-order valence-corrected chi connectivity index (χ1v) is 5.06. The van der Waals surface area contributed by atoms with E-state index in [0.29, 0.717) is 5.02 Å². The molecule has 0 aliphatic rings. The number of rotatable bonds is 1. The molecule has 13 heavy (non-hydrogen) atoms. The number of ketones is 1. The second kappa shape index (κ2) is 3.13. The topological polar surface area (TPSA) is 17.1 Å². The number of Topliss-reactive ketones (excluding diaryl/α,β-unsaturated/α-hetero) is 1. The first-order chi connectivity index (χ1) is 6.16. The Hall–Kier alpha value is -0.860. The number of carbonyl (C=O) groups excluding carboxylic acids is 1. The number of hydrogen-bond acceptors (Lipinski definition) is 2. The van der Waals surface area contributed by atoms with Gasteiger partial charge in [-0.15, -0.1) is 11.3 Å². The Bertz CT molecular complexity index is 473. The molecule has 0 saturated heterocycles. The van der Waals surface area contributed by atoms with Gasteiger partial charge in [-0.1, -0.05) is 17.7 Å². The van der Waals surface area contributed by atoms with Crippen LogP contribution in [-0.4, -0.2) is 5.78 Å². The fourth-order valence-electron chi connectivity index (χ4n) is 1.18. The lowest BCUT2D eigenvalue weighted by atomic mass is 10.2. The van der Waals surface area contributed by atoms with Gasteiger partial charge in [-0.3, -0.25) is 4.79 Å². The summed E-state index contributed by atoms with van der Waals surface area (Å²) in [6.45, 7) is 1.58. The summed E-state index contributed by atoms with van der Waals surface area (Å²) in [6.07, 6.45) is 0. The van der Waals surface area contributed by atoms with Gasteiger partial charge in [-0.05, 0) is 30.5 Å². The summed E-state index contributed by atoms with van der Waals surface area (Å²) < 4.78 is 1.07. The second-order valence-electron chi connectivity index (χ2n) is 2.85. The van der Waals surface area contributed by atoms with Gasteiger partial charge in [0, 0.05) is 9.72 Å². The zero-order valence-corrected chi connectivity index (χ0v) is 8.58. The standard InChI is InChI=1S/C10H7ClOS/c1-6(12)9-4-7-2-3-8(11)5-10(7)13-9/h2-5H,1H3. The number of benzene rings is 1. The SMILES string of the molecule is CC(=O)c1cc2ccc(Cl)cc2s1. The molecule has 0 atom stereocenters. The third kappa shape index (κ3) is 1.60. The third-order valence-corrected chi connectivity index (χ3v) is 3.26. The maximum atomic E-state index is 11.1. The lowest BCUT2D eigenvalue weighted by Gasteiger charge is -1.87. The van der Waals surface area contributed by atoms with Crippen molar-refractivity contribution in [3.8, 4) is 0 Å². The van der Waals surface area contributed by atoms with E-state index in [1.165, 1.54) is 11.3 Å². The summed E-state index contributed by atoms with van der Waals surface area (Å²) >= 11 is 7.31. The van der Waals surface area contributed by atoms with Crippen molar-refractivity contribution in [2.75, 3.05) is 0 Å². The minimum Gasteiger partial charge on any atom is -0.294 e. The number of hydrogen-bond donors (Lipinski definition) is 0. The molecule has 0 radical (unpaired) electrons. The Morgan fingerprint density at radius 1 is 1.38 bits per heavy atom. The molecule has 1 aromatic carbocycles. The molecule has 2 rings (SSSR count). The smallest absolute Gasteiger partial charge is 0.169 e.